The Labute approximate surface area is 495 Å². The van der Waals surface area contributed by atoms with Gasteiger partial charge in [-0.2, -0.15) is 15.0 Å². The molecule has 3 atom stereocenters. The minimum Gasteiger partial charge on any atom is -0.481 e. The van der Waals surface area contributed by atoms with Crippen LogP contribution in [-0.2, 0) is 51.2 Å². The molecule has 2 fully saturated rings. The maximum absolute atomic E-state index is 12.4. The van der Waals surface area contributed by atoms with Crippen LogP contribution in [0.25, 0.3) is 0 Å². The van der Waals surface area contributed by atoms with Gasteiger partial charge in [0.1, 0.15) is 17.9 Å². The van der Waals surface area contributed by atoms with Gasteiger partial charge in [-0.3, -0.25) is 53.3 Å². The number of piperazine rings is 1. The summed E-state index contributed by atoms with van der Waals surface area (Å²) in [7, 11) is 3.76. The minimum atomic E-state index is -1.49. The van der Waals surface area contributed by atoms with E-state index in [0.717, 1.165) is 95.2 Å². The molecule has 2 aromatic rings. The number of nitrogens with one attached hydrogen (secondary N) is 3. The zero-order valence-corrected chi connectivity index (χ0v) is 49.2. The summed E-state index contributed by atoms with van der Waals surface area (Å²) in [5, 5.41) is 73.7. The van der Waals surface area contributed by atoms with Gasteiger partial charge in [0.25, 0.3) is 0 Å². The van der Waals surface area contributed by atoms with Gasteiger partial charge in [-0.05, 0) is 62.6 Å². The van der Waals surface area contributed by atoms with Crippen molar-refractivity contribution in [1.29, 1.82) is 0 Å². The van der Waals surface area contributed by atoms with Crippen LogP contribution in [0.15, 0.2) is 24.3 Å². The van der Waals surface area contributed by atoms with E-state index < -0.39 is 72.4 Å². The predicted molar refractivity (Wildman–Crippen MR) is 311 cm³/mol. The highest BCUT2D eigenvalue weighted by atomic mass is 16.4. The number of urea groups is 1. The molecule has 0 saturated carbocycles. The standard InChI is InChI=1S/C56H89N13O16/c1-63(2)54-60-45(34-41-17-15-40(16-18-41)33-42-35-67(38-50(77)78)26-25-65(36-48(73)74)23-24-66(37-49(75)76)29-32-69(42)39-51(79)80)61-55(62-54)68-30-27-64(28-31-68)22-12-8-6-4-3-5-7-9-14-46(70)57-21-11-10-13-43(52(81)82)58-56(85)59-44(53(83)84)19-20-47(71)72/h15-18,42-44H,3-14,19-39H2,1-2H3,(H,57,70)(H,71,72)(H,73,74)(H,75,76)(H,77,78)(H,79,80)(H,81,82)(H,83,84)(H2,58,59,85)/t42?,43-,44-/m0/s1. The Morgan fingerprint density at radius 3 is 1.59 bits per heavy atom. The smallest absolute Gasteiger partial charge is 0.326 e. The van der Waals surface area contributed by atoms with E-state index in [1.54, 1.807) is 19.6 Å². The van der Waals surface area contributed by atoms with Gasteiger partial charge in [0, 0.05) is 118 Å². The van der Waals surface area contributed by atoms with E-state index in [9.17, 15) is 73.8 Å². The van der Waals surface area contributed by atoms with Crippen LogP contribution in [0.5, 0.6) is 0 Å². The summed E-state index contributed by atoms with van der Waals surface area (Å²) in [4.78, 5) is 134. The van der Waals surface area contributed by atoms with Crippen molar-refractivity contribution in [2.75, 3.05) is 135 Å². The van der Waals surface area contributed by atoms with E-state index in [1.807, 2.05) is 43.3 Å². The van der Waals surface area contributed by atoms with Crippen molar-refractivity contribution in [3.05, 3.63) is 41.2 Å². The van der Waals surface area contributed by atoms with Gasteiger partial charge >= 0.3 is 47.8 Å². The summed E-state index contributed by atoms with van der Waals surface area (Å²) in [6.45, 7) is 4.71. The number of benzene rings is 1. The molecule has 1 aromatic heterocycles. The molecular formula is C56H89N13O16. The van der Waals surface area contributed by atoms with E-state index >= 15 is 0 Å². The monoisotopic (exact) mass is 1200 g/mol. The van der Waals surface area contributed by atoms with Gasteiger partial charge in [0.15, 0.2) is 0 Å². The third-order valence-corrected chi connectivity index (χ3v) is 14.9. The first-order valence-electron chi connectivity index (χ1n) is 29.3. The highest BCUT2D eigenvalue weighted by Gasteiger charge is 2.29. The van der Waals surface area contributed by atoms with Crippen molar-refractivity contribution >= 4 is 65.6 Å². The average molecular weight is 1200 g/mol. The van der Waals surface area contributed by atoms with Crippen LogP contribution in [0.3, 0.4) is 0 Å². The zero-order chi connectivity index (χ0) is 62.3. The van der Waals surface area contributed by atoms with Gasteiger partial charge in [-0.25, -0.2) is 14.4 Å². The highest BCUT2D eigenvalue weighted by Crippen LogP contribution is 2.20. The largest absolute Gasteiger partial charge is 0.481 e. The first kappa shape index (κ1) is 70.1. The number of hydrogen-bond donors (Lipinski definition) is 10. The zero-order valence-electron chi connectivity index (χ0n) is 49.2. The molecule has 4 rings (SSSR count). The lowest BCUT2D eigenvalue weighted by molar-refractivity contribution is -0.142. The fourth-order valence-electron chi connectivity index (χ4n) is 10.2. The van der Waals surface area contributed by atoms with Crippen molar-refractivity contribution in [2.45, 2.75) is 121 Å². The van der Waals surface area contributed by atoms with E-state index in [4.69, 9.17) is 20.1 Å². The van der Waals surface area contributed by atoms with Gasteiger partial charge in [-0.1, -0.05) is 62.8 Å². The Kier molecular flexibility index (Phi) is 31.2. The third-order valence-electron chi connectivity index (χ3n) is 14.9. The Hall–Kier alpha value is -7.34. The van der Waals surface area contributed by atoms with Gasteiger partial charge < -0.3 is 61.5 Å². The van der Waals surface area contributed by atoms with E-state index in [2.05, 4.69) is 25.8 Å². The first-order valence-corrected chi connectivity index (χ1v) is 29.3. The maximum Gasteiger partial charge on any atom is 0.326 e. The Morgan fingerprint density at radius 1 is 0.529 bits per heavy atom. The number of aliphatic carboxylic acids is 7. The van der Waals surface area contributed by atoms with Crippen LogP contribution in [0.1, 0.15) is 107 Å². The second-order valence-corrected chi connectivity index (χ2v) is 22.0. The molecule has 2 aliphatic rings. The molecule has 474 valence electrons. The first-order chi connectivity index (χ1) is 40.5. The van der Waals surface area contributed by atoms with E-state index in [1.165, 1.54) is 0 Å². The van der Waals surface area contributed by atoms with E-state index in [-0.39, 0.29) is 90.7 Å². The number of carboxylic acid groups (broad SMARTS) is 7. The number of anilines is 2. The molecule has 1 aromatic carbocycles. The molecule has 0 aliphatic carbocycles. The molecule has 85 heavy (non-hydrogen) atoms. The lowest BCUT2D eigenvalue weighted by Gasteiger charge is -2.37. The van der Waals surface area contributed by atoms with Crippen LogP contribution in [-0.4, -0.2) is 272 Å². The SMILES string of the molecule is CN(C)c1nc(Cc2ccc(CC3CN(CC(=O)O)CCN(CC(=O)O)CCN(CC(=O)O)CCN3CC(=O)O)cc2)nc(N2CCN(CCCCCCCCCCC(=O)NCCCC[C@H](NC(=O)N[C@@H](CCC(=O)O)C(=O)O)C(=O)O)CC2)n1. The summed E-state index contributed by atoms with van der Waals surface area (Å²) in [5.41, 5.74) is 1.81. The number of rotatable bonds is 37. The molecule has 3 amide bonds. The Balaban J connectivity index is 1.18. The number of hydrogen-bond acceptors (Lipinski definition) is 19. The molecule has 2 aliphatic heterocycles. The van der Waals surface area contributed by atoms with Crippen LogP contribution in [0.4, 0.5) is 16.7 Å². The fourth-order valence-corrected chi connectivity index (χ4v) is 10.2. The van der Waals surface area contributed by atoms with Gasteiger partial charge in [-0.15, -0.1) is 0 Å². The van der Waals surface area contributed by atoms with Crippen molar-refractivity contribution in [1.82, 2.24) is 55.4 Å². The quantitative estimate of drug-likeness (QED) is 0.0422. The second kappa shape index (κ2) is 37.9. The minimum absolute atomic E-state index is 0.0508. The van der Waals surface area contributed by atoms with Crippen molar-refractivity contribution in [3.8, 4) is 0 Å². The molecule has 10 N–H and O–H groups in total. The second-order valence-electron chi connectivity index (χ2n) is 22.0. The molecule has 0 radical (unpaired) electrons. The van der Waals surface area contributed by atoms with Crippen molar-refractivity contribution < 1.29 is 78.9 Å². The average Bonchev–Trinajstić information content (AvgIpc) is 3.64. The number of amides is 3. The molecule has 0 spiro atoms. The number of nitrogens with zero attached hydrogens (tertiary/aromatic N) is 10. The molecule has 0 bridgehead atoms. The molecule has 29 nitrogen and oxygen atoms in total. The Bertz CT molecular complexity index is 2470. The summed E-state index contributed by atoms with van der Waals surface area (Å²) in [5.74, 6) is -6.60. The van der Waals surface area contributed by atoms with Crippen LogP contribution >= 0.6 is 0 Å². The molecule has 2 saturated heterocycles. The molecule has 29 heteroatoms. The highest BCUT2D eigenvalue weighted by molar-refractivity contribution is 5.86. The molecule has 1 unspecified atom stereocenters. The third kappa shape index (κ3) is 28.9. The number of aromatic nitrogens is 3. The number of carbonyl (C=O) groups is 9. The maximum atomic E-state index is 12.4. The van der Waals surface area contributed by atoms with Gasteiger partial charge in [0.2, 0.25) is 17.8 Å². The van der Waals surface area contributed by atoms with E-state index in [0.29, 0.717) is 56.4 Å². The van der Waals surface area contributed by atoms with Crippen LogP contribution in [0, 0.1) is 0 Å². The van der Waals surface area contributed by atoms with Crippen molar-refractivity contribution in [2.24, 2.45) is 0 Å². The topological polar surface area (TPSA) is 393 Å². The lowest BCUT2D eigenvalue weighted by atomic mass is 10.0. The Morgan fingerprint density at radius 2 is 1.04 bits per heavy atom. The molecule has 3 heterocycles. The predicted octanol–water partition coefficient (Wildman–Crippen LogP) is 0.989. The van der Waals surface area contributed by atoms with Crippen LogP contribution in [0.2, 0.25) is 0 Å². The van der Waals surface area contributed by atoms with Gasteiger partial charge in [0.05, 0.1) is 26.2 Å². The van der Waals surface area contributed by atoms with Crippen LogP contribution < -0.4 is 25.8 Å². The summed E-state index contributed by atoms with van der Waals surface area (Å²) < 4.78 is 0. The lowest BCUT2D eigenvalue weighted by Crippen LogP contribution is -2.53. The number of unbranched alkanes of at least 4 members (excludes halogenated alkanes) is 8. The summed E-state index contributed by atoms with van der Waals surface area (Å²) in [6, 6.07) is 3.54. The normalized spacial score (nSPS) is 16.9. The number of carboxylic acids is 7. The summed E-state index contributed by atoms with van der Waals surface area (Å²) >= 11 is 0. The molecular weight excluding hydrogens is 1110 g/mol. The summed E-state index contributed by atoms with van der Waals surface area (Å²) in [6.07, 6.45) is 9.54. The number of carbonyl (C=O) groups excluding carboxylic acids is 2. The van der Waals surface area contributed by atoms with Crippen molar-refractivity contribution in [3.63, 3.8) is 0 Å². The fraction of sp³-hybridized carbons (Fsp3) is 0.679.